The van der Waals surface area contributed by atoms with Gasteiger partial charge in [0.2, 0.25) is 0 Å². The lowest BCUT2D eigenvalue weighted by atomic mass is 9.99. The summed E-state index contributed by atoms with van der Waals surface area (Å²) in [5.41, 5.74) is 3.24. The summed E-state index contributed by atoms with van der Waals surface area (Å²) in [5.74, 6) is 0.877. The van der Waals surface area contributed by atoms with Crippen LogP contribution in [0.5, 0.6) is 0 Å². The second-order valence-electron chi connectivity index (χ2n) is 4.86. The molecular formula is C17H19ClOS. The van der Waals surface area contributed by atoms with Gasteiger partial charge in [-0.05, 0) is 53.8 Å². The fourth-order valence-electron chi connectivity index (χ4n) is 2.16. The van der Waals surface area contributed by atoms with Crippen molar-refractivity contribution in [1.82, 2.24) is 0 Å². The van der Waals surface area contributed by atoms with Crippen LogP contribution in [0.3, 0.4) is 0 Å². The van der Waals surface area contributed by atoms with Gasteiger partial charge < -0.3 is 5.11 Å². The molecule has 0 aromatic heterocycles. The Morgan fingerprint density at radius 3 is 2.00 bits per heavy atom. The predicted molar refractivity (Wildman–Crippen MR) is 89.6 cm³/mol. The summed E-state index contributed by atoms with van der Waals surface area (Å²) in [7, 11) is 0. The van der Waals surface area contributed by atoms with Gasteiger partial charge in [-0.3, -0.25) is 0 Å². The first-order valence-electron chi connectivity index (χ1n) is 6.85. The first-order valence-corrected chi connectivity index (χ1v) is 7.86. The molecular weight excluding hydrogens is 288 g/mol. The number of unbranched alkanes of at least 4 members (excludes halogenated alkanes) is 1. The molecule has 1 nitrogen and oxygen atoms in total. The molecule has 0 saturated carbocycles. The first kappa shape index (κ1) is 15.4. The van der Waals surface area contributed by atoms with Crippen LogP contribution in [0.1, 0.15) is 30.9 Å². The Morgan fingerprint density at radius 2 is 1.45 bits per heavy atom. The number of hydrogen-bond donors (Lipinski definition) is 2. The summed E-state index contributed by atoms with van der Waals surface area (Å²) >= 11 is 10.1. The third-order valence-electron chi connectivity index (χ3n) is 3.36. The highest BCUT2D eigenvalue weighted by Crippen LogP contribution is 2.25. The summed E-state index contributed by atoms with van der Waals surface area (Å²) in [4.78, 5) is 0. The molecule has 0 fully saturated rings. The second-order valence-corrected chi connectivity index (χ2v) is 5.75. The zero-order valence-corrected chi connectivity index (χ0v) is 12.9. The molecule has 1 unspecified atom stereocenters. The normalized spacial score (nSPS) is 12.3. The molecule has 2 aromatic carbocycles. The molecule has 0 spiro atoms. The molecule has 0 radical (unpaired) electrons. The Balaban J connectivity index is 2.04. The maximum absolute atomic E-state index is 10.1. The predicted octanol–water partition coefficient (Wildman–Crippen LogP) is 5.14. The van der Waals surface area contributed by atoms with Crippen LogP contribution in [0, 0.1) is 0 Å². The summed E-state index contributed by atoms with van der Waals surface area (Å²) in [6.07, 6.45) is 2.46. The highest BCUT2D eigenvalue weighted by molar-refractivity contribution is 7.80. The molecule has 2 rings (SSSR count). The minimum Gasteiger partial charge on any atom is -0.388 e. The SMILES string of the molecule is OC(CCCCS)c1ccc(-c2ccc(Cl)cc2)cc1. The Labute approximate surface area is 131 Å². The van der Waals surface area contributed by atoms with E-state index in [2.05, 4.69) is 12.6 Å². The van der Waals surface area contributed by atoms with Crippen molar-refractivity contribution in [2.45, 2.75) is 25.4 Å². The van der Waals surface area contributed by atoms with E-state index < -0.39 is 0 Å². The summed E-state index contributed by atoms with van der Waals surface area (Å²) in [5, 5.41) is 10.8. The standard InChI is InChI=1S/C17H19ClOS/c18-16-10-8-14(9-11-16)13-4-6-15(7-5-13)17(19)3-1-2-12-20/h4-11,17,19-20H,1-3,12H2. The van der Waals surface area contributed by atoms with E-state index >= 15 is 0 Å². The van der Waals surface area contributed by atoms with Gasteiger partial charge in [0.25, 0.3) is 0 Å². The summed E-state index contributed by atoms with van der Waals surface area (Å²) in [6, 6.07) is 15.8. The van der Waals surface area contributed by atoms with Crippen LogP contribution in [-0.4, -0.2) is 10.9 Å². The number of aliphatic hydroxyl groups excluding tert-OH is 1. The van der Waals surface area contributed by atoms with Gasteiger partial charge in [-0.15, -0.1) is 0 Å². The molecule has 0 aliphatic rings. The molecule has 0 saturated heterocycles. The van der Waals surface area contributed by atoms with Gasteiger partial charge in [0, 0.05) is 5.02 Å². The highest BCUT2D eigenvalue weighted by Gasteiger charge is 2.07. The molecule has 0 heterocycles. The van der Waals surface area contributed by atoms with Crippen LogP contribution in [0.15, 0.2) is 48.5 Å². The molecule has 0 bridgehead atoms. The maximum atomic E-state index is 10.1. The van der Waals surface area contributed by atoms with E-state index in [1.54, 1.807) is 0 Å². The zero-order valence-electron chi connectivity index (χ0n) is 11.3. The minimum atomic E-state index is -0.380. The maximum Gasteiger partial charge on any atom is 0.0790 e. The lowest BCUT2D eigenvalue weighted by Gasteiger charge is -2.11. The van der Waals surface area contributed by atoms with E-state index in [9.17, 15) is 5.11 Å². The van der Waals surface area contributed by atoms with Gasteiger partial charge in [0.1, 0.15) is 0 Å². The smallest absolute Gasteiger partial charge is 0.0790 e. The summed E-state index contributed by atoms with van der Waals surface area (Å²) in [6.45, 7) is 0. The van der Waals surface area contributed by atoms with E-state index in [4.69, 9.17) is 11.6 Å². The number of aliphatic hydroxyl groups is 1. The second kappa shape index (κ2) is 7.72. The Bertz CT molecular complexity index is 522. The number of hydrogen-bond acceptors (Lipinski definition) is 2. The number of rotatable bonds is 6. The monoisotopic (exact) mass is 306 g/mol. The van der Waals surface area contributed by atoms with Crippen molar-refractivity contribution in [1.29, 1.82) is 0 Å². The third-order valence-corrected chi connectivity index (χ3v) is 3.93. The van der Waals surface area contributed by atoms with E-state index in [-0.39, 0.29) is 6.10 Å². The molecule has 1 atom stereocenters. The van der Waals surface area contributed by atoms with Crippen LogP contribution in [0.25, 0.3) is 11.1 Å². The highest BCUT2D eigenvalue weighted by atomic mass is 35.5. The van der Waals surface area contributed by atoms with Crippen LogP contribution < -0.4 is 0 Å². The van der Waals surface area contributed by atoms with Crippen molar-refractivity contribution in [2.24, 2.45) is 0 Å². The lowest BCUT2D eigenvalue weighted by molar-refractivity contribution is 0.164. The fourth-order valence-corrected chi connectivity index (χ4v) is 2.51. The molecule has 0 aliphatic heterocycles. The first-order chi connectivity index (χ1) is 9.70. The largest absolute Gasteiger partial charge is 0.388 e. The van der Waals surface area contributed by atoms with Gasteiger partial charge in [-0.2, -0.15) is 12.6 Å². The van der Waals surface area contributed by atoms with Gasteiger partial charge >= 0.3 is 0 Å². The minimum absolute atomic E-state index is 0.380. The van der Waals surface area contributed by atoms with Crippen LogP contribution in [0.2, 0.25) is 5.02 Å². The lowest BCUT2D eigenvalue weighted by Crippen LogP contribution is -1.97. The molecule has 0 amide bonds. The van der Waals surface area contributed by atoms with Gasteiger partial charge in [-0.1, -0.05) is 48.0 Å². The summed E-state index contributed by atoms with van der Waals surface area (Å²) < 4.78 is 0. The van der Waals surface area contributed by atoms with Crippen molar-refractivity contribution in [3.63, 3.8) is 0 Å². The molecule has 20 heavy (non-hydrogen) atoms. The average Bonchev–Trinajstić information content (AvgIpc) is 2.48. The Hall–Kier alpha value is -0.960. The van der Waals surface area contributed by atoms with Crippen molar-refractivity contribution in [2.75, 3.05) is 5.75 Å². The van der Waals surface area contributed by atoms with E-state index in [0.717, 1.165) is 46.7 Å². The van der Waals surface area contributed by atoms with Gasteiger partial charge in [-0.25, -0.2) is 0 Å². The van der Waals surface area contributed by atoms with Gasteiger partial charge in [0.05, 0.1) is 6.10 Å². The fraction of sp³-hybridized carbons (Fsp3) is 0.294. The molecule has 0 aliphatic carbocycles. The molecule has 1 N–H and O–H groups in total. The van der Waals surface area contributed by atoms with Crippen LogP contribution in [0.4, 0.5) is 0 Å². The van der Waals surface area contributed by atoms with E-state index in [0.29, 0.717) is 0 Å². The van der Waals surface area contributed by atoms with Crippen LogP contribution >= 0.6 is 24.2 Å². The molecule has 3 heteroatoms. The average molecular weight is 307 g/mol. The number of halogens is 1. The van der Waals surface area contributed by atoms with Crippen molar-refractivity contribution >= 4 is 24.2 Å². The quantitative estimate of drug-likeness (QED) is 0.559. The topological polar surface area (TPSA) is 20.2 Å². The number of benzene rings is 2. The van der Waals surface area contributed by atoms with Crippen LogP contribution in [-0.2, 0) is 0 Å². The molecule has 2 aromatic rings. The van der Waals surface area contributed by atoms with Crippen molar-refractivity contribution < 1.29 is 5.11 Å². The Kier molecular flexibility index (Phi) is 5.96. The Morgan fingerprint density at radius 1 is 0.900 bits per heavy atom. The van der Waals surface area contributed by atoms with Crippen molar-refractivity contribution in [3.8, 4) is 11.1 Å². The third kappa shape index (κ3) is 4.27. The molecule has 106 valence electrons. The van der Waals surface area contributed by atoms with Crippen molar-refractivity contribution in [3.05, 3.63) is 59.1 Å². The van der Waals surface area contributed by atoms with E-state index in [1.165, 1.54) is 0 Å². The van der Waals surface area contributed by atoms with Gasteiger partial charge in [0.15, 0.2) is 0 Å². The zero-order chi connectivity index (χ0) is 14.4. The van der Waals surface area contributed by atoms with E-state index in [1.807, 2.05) is 48.5 Å². The number of thiol groups is 1.